The highest BCUT2D eigenvalue weighted by molar-refractivity contribution is 7.98. The average Bonchev–Trinajstić information content (AvgIpc) is 2.58. The van der Waals surface area contributed by atoms with E-state index in [4.69, 9.17) is 0 Å². The predicted octanol–water partition coefficient (Wildman–Crippen LogP) is 3.62. The number of aromatic nitrogens is 1. The normalized spacial score (nSPS) is 10.6. The number of hydrogen-bond acceptors (Lipinski definition) is 4. The summed E-state index contributed by atoms with van der Waals surface area (Å²) < 4.78 is 28.4. The van der Waals surface area contributed by atoms with Gasteiger partial charge in [-0.15, -0.1) is 0 Å². The van der Waals surface area contributed by atoms with Crippen LogP contribution in [0.2, 0.25) is 0 Å². The minimum absolute atomic E-state index is 0.0450. The van der Waals surface area contributed by atoms with Crippen molar-refractivity contribution in [3.8, 4) is 5.75 Å². The molecular weight excluding hydrogens is 334 g/mol. The van der Waals surface area contributed by atoms with Crippen LogP contribution in [-0.4, -0.2) is 23.3 Å². The van der Waals surface area contributed by atoms with Crippen molar-refractivity contribution in [2.45, 2.75) is 25.3 Å². The molecule has 0 spiro atoms. The smallest absolute Gasteiger partial charge is 0.387 e. The molecule has 0 saturated heterocycles. The molecule has 1 amide bonds. The van der Waals surface area contributed by atoms with Gasteiger partial charge in [0.2, 0.25) is 5.91 Å². The fourth-order valence-electron chi connectivity index (χ4n) is 1.90. The molecule has 1 heterocycles. The van der Waals surface area contributed by atoms with Gasteiger partial charge in [0.1, 0.15) is 5.75 Å². The van der Waals surface area contributed by atoms with E-state index < -0.39 is 6.61 Å². The highest BCUT2D eigenvalue weighted by Gasteiger charge is 2.05. The van der Waals surface area contributed by atoms with Gasteiger partial charge in [0.25, 0.3) is 0 Å². The van der Waals surface area contributed by atoms with E-state index in [9.17, 15) is 13.6 Å². The Morgan fingerprint density at radius 3 is 2.67 bits per heavy atom. The van der Waals surface area contributed by atoms with Crippen LogP contribution < -0.4 is 10.1 Å². The third-order valence-electron chi connectivity index (χ3n) is 3.09. The van der Waals surface area contributed by atoms with Gasteiger partial charge in [-0.25, -0.2) is 0 Å². The summed E-state index contributed by atoms with van der Waals surface area (Å²) in [5.41, 5.74) is 1.82. The van der Waals surface area contributed by atoms with Crippen molar-refractivity contribution in [3.63, 3.8) is 0 Å². The van der Waals surface area contributed by atoms with Crippen molar-refractivity contribution >= 4 is 17.7 Å². The Hall–Kier alpha value is -2.15. The number of amides is 1. The lowest BCUT2D eigenvalue weighted by Crippen LogP contribution is -2.23. The maximum atomic E-state index is 12.0. The molecule has 0 radical (unpaired) electrons. The van der Waals surface area contributed by atoms with Gasteiger partial charge in [-0.05, 0) is 29.8 Å². The van der Waals surface area contributed by atoms with E-state index in [-0.39, 0.29) is 11.7 Å². The molecule has 0 aliphatic heterocycles. The Morgan fingerprint density at radius 1 is 1.21 bits per heavy atom. The molecule has 2 rings (SSSR count). The summed E-state index contributed by atoms with van der Waals surface area (Å²) in [6, 6.07) is 12.0. The Balaban J connectivity index is 1.62. The topological polar surface area (TPSA) is 51.2 Å². The highest BCUT2D eigenvalue weighted by Crippen LogP contribution is 2.15. The second-order valence-corrected chi connectivity index (χ2v) is 6.03. The largest absolute Gasteiger partial charge is 0.435 e. The lowest BCUT2D eigenvalue weighted by molar-refractivity contribution is -0.120. The molecule has 0 fully saturated rings. The van der Waals surface area contributed by atoms with Gasteiger partial charge in [0.05, 0.1) is 5.69 Å². The first kappa shape index (κ1) is 18.2. The van der Waals surface area contributed by atoms with Gasteiger partial charge in [-0.2, -0.15) is 20.5 Å². The van der Waals surface area contributed by atoms with E-state index in [0.717, 1.165) is 17.0 Å². The summed E-state index contributed by atoms with van der Waals surface area (Å²) in [4.78, 5) is 16.0. The molecule has 4 nitrogen and oxygen atoms in total. The van der Waals surface area contributed by atoms with E-state index in [1.807, 2.05) is 18.2 Å². The number of nitrogens with zero attached hydrogens (tertiary/aromatic N) is 1. The van der Waals surface area contributed by atoms with E-state index in [1.165, 1.54) is 12.1 Å². The quantitative estimate of drug-likeness (QED) is 0.700. The van der Waals surface area contributed by atoms with Crippen LogP contribution >= 0.6 is 11.8 Å². The van der Waals surface area contributed by atoms with Crippen LogP contribution in [-0.2, 0) is 17.1 Å². The molecule has 0 atom stereocenters. The zero-order valence-electron chi connectivity index (χ0n) is 13.0. The summed E-state index contributed by atoms with van der Waals surface area (Å²) in [5.74, 6) is 1.55. The third kappa shape index (κ3) is 6.95. The lowest BCUT2D eigenvalue weighted by Gasteiger charge is -2.07. The van der Waals surface area contributed by atoms with Gasteiger partial charge >= 0.3 is 6.61 Å². The summed E-state index contributed by atoms with van der Waals surface area (Å²) in [7, 11) is 0. The molecule has 128 valence electrons. The van der Waals surface area contributed by atoms with Crippen LogP contribution in [0.25, 0.3) is 0 Å². The van der Waals surface area contributed by atoms with E-state index in [2.05, 4.69) is 15.0 Å². The summed E-state index contributed by atoms with van der Waals surface area (Å²) in [5, 5.41) is 2.80. The summed E-state index contributed by atoms with van der Waals surface area (Å²) in [6.45, 7) is -2.47. The van der Waals surface area contributed by atoms with Crippen LogP contribution in [0.4, 0.5) is 8.78 Å². The maximum Gasteiger partial charge on any atom is 0.387 e. The minimum atomic E-state index is -2.83. The van der Waals surface area contributed by atoms with Crippen molar-refractivity contribution in [1.29, 1.82) is 0 Å². The number of hydrogen-bond donors (Lipinski definition) is 1. The molecule has 7 heteroatoms. The minimum Gasteiger partial charge on any atom is -0.435 e. The molecule has 2 aromatic rings. The van der Waals surface area contributed by atoms with Crippen LogP contribution in [0.5, 0.6) is 5.75 Å². The molecule has 0 unspecified atom stereocenters. The SMILES string of the molecule is O=C(CCSCc1ccccn1)NCc1ccc(OC(F)F)cc1. The van der Waals surface area contributed by atoms with Crippen LogP contribution in [0, 0.1) is 0 Å². The molecule has 1 N–H and O–H groups in total. The summed E-state index contributed by atoms with van der Waals surface area (Å²) >= 11 is 1.65. The standard InChI is InChI=1S/C17H18F2N2O2S/c18-17(19)23-15-6-4-13(5-7-15)11-21-16(22)8-10-24-12-14-3-1-2-9-20-14/h1-7,9,17H,8,10-12H2,(H,21,22). The molecule has 0 aliphatic rings. The Kier molecular flexibility index (Phi) is 7.48. The molecule has 1 aromatic carbocycles. The number of ether oxygens (including phenoxy) is 1. The molecular formula is C17H18F2N2O2S. The van der Waals surface area contributed by atoms with Crippen LogP contribution in [0.3, 0.4) is 0 Å². The number of alkyl halides is 2. The first-order chi connectivity index (χ1) is 11.6. The van der Waals surface area contributed by atoms with Gasteiger partial charge in [-0.1, -0.05) is 18.2 Å². The van der Waals surface area contributed by atoms with Crippen LogP contribution in [0.1, 0.15) is 17.7 Å². The summed E-state index contributed by atoms with van der Waals surface area (Å²) in [6.07, 6.45) is 2.17. The zero-order chi connectivity index (χ0) is 17.2. The first-order valence-electron chi connectivity index (χ1n) is 7.41. The Bertz CT molecular complexity index is 624. The van der Waals surface area contributed by atoms with Crippen molar-refractivity contribution in [2.24, 2.45) is 0 Å². The third-order valence-corrected chi connectivity index (χ3v) is 4.08. The molecule has 0 bridgehead atoms. The second kappa shape index (κ2) is 9.87. The molecule has 0 aliphatic carbocycles. The zero-order valence-corrected chi connectivity index (χ0v) is 13.8. The van der Waals surface area contributed by atoms with Gasteiger partial charge in [-0.3, -0.25) is 9.78 Å². The first-order valence-corrected chi connectivity index (χ1v) is 8.57. The van der Waals surface area contributed by atoms with Crippen LogP contribution in [0.15, 0.2) is 48.7 Å². The lowest BCUT2D eigenvalue weighted by atomic mass is 10.2. The molecule has 24 heavy (non-hydrogen) atoms. The van der Waals surface area contributed by atoms with Crippen molar-refractivity contribution in [1.82, 2.24) is 10.3 Å². The average molecular weight is 352 g/mol. The molecule has 0 saturated carbocycles. The highest BCUT2D eigenvalue weighted by atomic mass is 32.2. The van der Waals surface area contributed by atoms with Gasteiger partial charge < -0.3 is 10.1 Å². The number of benzene rings is 1. The Labute approximate surface area is 143 Å². The number of pyridine rings is 1. The number of carbonyl (C=O) groups excluding carboxylic acids is 1. The number of rotatable bonds is 9. The van der Waals surface area contributed by atoms with E-state index in [1.54, 1.807) is 30.1 Å². The maximum absolute atomic E-state index is 12.0. The van der Waals surface area contributed by atoms with Crippen molar-refractivity contribution < 1.29 is 18.3 Å². The predicted molar refractivity (Wildman–Crippen MR) is 89.9 cm³/mol. The fourth-order valence-corrected chi connectivity index (χ4v) is 2.76. The van der Waals surface area contributed by atoms with Crippen molar-refractivity contribution in [2.75, 3.05) is 5.75 Å². The van der Waals surface area contributed by atoms with E-state index in [0.29, 0.717) is 18.7 Å². The van der Waals surface area contributed by atoms with Gasteiger partial charge in [0.15, 0.2) is 0 Å². The van der Waals surface area contributed by atoms with E-state index >= 15 is 0 Å². The monoisotopic (exact) mass is 352 g/mol. The molecule has 1 aromatic heterocycles. The Morgan fingerprint density at radius 2 is 2.00 bits per heavy atom. The van der Waals surface area contributed by atoms with Crippen molar-refractivity contribution in [3.05, 3.63) is 59.9 Å². The number of nitrogens with one attached hydrogen (secondary N) is 1. The number of halogens is 2. The second-order valence-electron chi connectivity index (χ2n) is 4.92. The fraction of sp³-hybridized carbons (Fsp3) is 0.294. The number of thioether (sulfide) groups is 1. The van der Waals surface area contributed by atoms with Gasteiger partial charge in [0, 0.05) is 30.7 Å². The number of carbonyl (C=O) groups is 1.